The Balaban J connectivity index is 2.65. The molecule has 1 rings (SSSR count). The summed E-state index contributed by atoms with van der Waals surface area (Å²) >= 11 is 0. The Morgan fingerprint density at radius 1 is 1.13 bits per heavy atom. The molecule has 1 heterocycles. The molecule has 1 aliphatic rings. The molecule has 0 spiro atoms. The van der Waals surface area contributed by atoms with Gasteiger partial charge in [-0.15, -0.1) is 0 Å². The molecule has 1 saturated heterocycles. The van der Waals surface area contributed by atoms with E-state index in [1.165, 1.54) is 19.3 Å². The summed E-state index contributed by atoms with van der Waals surface area (Å²) in [4.78, 5) is 18.0. The monoisotopic (exact) mass is 325 g/mol. The number of hydroxylamine groups is 2. The van der Waals surface area contributed by atoms with Gasteiger partial charge in [0.2, 0.25) is 0 Å². The van der Waals surface area contributed by atoms with Crippen molar-refractivity contribution in [3.63, 3.8) is 0 Å². The van der Waals surface area contributed by atoms with E-state index in [0.717, 1.165) is 25.9 Å². The summed E-state index contributed by atoms with van der Waals surface area (Å²) < 4.78 is 5.61. The molecule has 0 radical (unpaired) electrons. The average Bonchev–Trinajstić information content (AvgIpc) is 2.39. The van der Waals surface area contributed by atoms with Gasteiger partial charge in [0.15, 0.2) is 0 Å². The lowest BCUT2D eigenvalue weighted by Crippen LogP contribution is -2.62. The van der Waals surface area contributed by atoms with Gasteiger partial charge in [-0.3, -0.25) is 4.84 Å². The number of esters is 1. The third-order valence-electron chi connectivity index (χ3n) is 4.39. The Hall–Kier alpha value is -0.870. The van der Waals surface area contributed by atoms with Crippen LogP contribution in [0.5, 0.6) is 0 Å². The van der Waals surface area contributed by atoms with Gasteiger partial charge in [0, 0.05) is 29.5 Å². The van der Waals surface area contributed by atoms with Crippen molar-refractivity contribution in [2.75, 3.05) is 6.61 Å². The lowest BCUT2D eigenvalue weighted by atomic mass is 9.80. The van der Waals surface area contributed by atoms with Crippen LogP contribution in [0.1, 0.15) is 80.1 Å². The van der Waals surface area contributed by atoms with Crippen molar-refractivity contribution in [1.29, 1.82) is 0 Å². The first kappa shape index (κ1) is 20.2. The summed E-state index contributed by atoms with van der Waals surface area (Å²) in [5.41, 5.74) is 0.106. The predicted octanol–water partition coefficient (Wildman–Crippen LogP) is 4.64. The minimum absolute atomic E-state index is 0.0934. The molecule has 0 amide bonds. The van der Waals surface area contributed by atoms with Gasteiger partial charge in [0.1, 0.15) is 6.10 Å². The maximum atomic E-state index is 11.8. The molecule has 134 valence electrons. The van der Waals surface area contributed by atoms with Crippen LogP contribution in [0.25, 0.3) is 0 Å². The fourth-order valence-electron chi connectivity index (χ4n) is 3.54. The first-order valence-corrected chi connectivity index (χ1v) is 8.90. The van der Waals surface area contributed by atoms with Crippen LogP contribution < -0.4 is 0 Å². The molecule has 1 fully saturated rings. The molecule has 1 aliphatic heterocycles. The SMILES string of the molecule is C=C(C)C(=O)OC1CC(C)(C)N(OCCCCCC)C(C)(C)C1. The van der Waals surface area contributed by atoms with Gasteiger partial charge >= 0.3 is 5.97 Å². The molecule has 23 heavy (non-hydrogen) atoms. The molecule has 0 aromatic heterocycles. The van der Waals surface area contributed by atoms with E-state index in [-0.39, 0.29) is 23.2 Å². The van der Waals surface area contributed by atoms with Gasteiger partial charge in [-0.25, -0.2) is 4.79 Å². The number of hydrogen-bond donors (Lipinski definition) is 0. The number of piperidine rings is 1. The van der Waals surface area contributed by atoms with Crippen molar-refractivity contribution in [2.24, 2.45) is 0 Å². The number of carbonyl (C=O) groups excluding carboxylic acids is 1. The number of unbranched alkanes of at least 4 members (excludes halogenated alkanes) is 3. The highest BCUT2D eigenvalue weighted by Gasteiger charge is 2.47. The molecular formula is C19H35NO3. The first-order chi connectivity index (χ1) is 10.6. The van der Waals surface area contributed by atoms with Crippen molar-refractivity contribution < 1.29 is 14.4 Å². The van der Waals surface area contributed by atoms with Crippen LogP contribution in [0.4, 0.5) is 0 Å². The van der Waals surface area contributed by atoms with Crippen LogP contribution in [-0.4, -0.2) is 34.8 Å². The summed E-state index contributed by atoms with van der Waals surface area (Å²) in [5.74, 6) is -0.296. The van der Waals surface area contributed by atoms with E-state index in [4.69, 9.17) is 9.57 Å². The summed E-state index contributed by atoms with van der Waals surface area (Å²) in [6, 6.07) is 0. The van der Waals surface area contributed by atoms with Gasteiger partial charge in [-0.05, 0) is 41.0 Å². The maximum Gasteiger partial charge on any atom is 0.333 e. The van der Waals surface area contributed by atoms with Gasteiger partial charge in [-0.1, -0.05) is 32.8 Å². The van der Waals surface area contributed by atoms with E-state index in [2.05, 4.69) is 46.3 Å². The Morgan fingerprint density at radius 3 is 2.17 bits per heavy atom. The molecule has 0 aromatic rings. The quantitative estimate of drug-likeness (QED) is 0.370. The average molecular weight is 325 g/mol. The molecule has 0 aromatic carbocycles. The second kappa shape index (κ2) is 8.29. The fourth-order valence-corrected chi connectivity index (χ4v) is 3.54. The lowest BCUT2D eigenvalue weighted by Gasteiger charge is -2.53. The molecule has 0 N–H and O–H groups in total. The molecule has 0 aliphatic carbocycles. The van der Waals surface area contributed by atoms with Crippen LogP contribution in [0, 0.1) is 0 Å². The van der Waals surface area contributed by atoms with E-state index in [1.54, 1.807) is 6.92 Å². The topological polar surface area (TPSA) is 38.8 Å². The Labute approximate surface area is 142 Å². The van der Waals surface area contributed by atoms with Gasteiger partial charge < -0.3 is 4.74 Å². The van der Waals surface area contributed by atoms with E-state index in [0.29, 0.717) is 5.57 Å². The highest BCUT2D eigenvalue weighted by Crippen LogP contribution is 2.40. The Kier molecular flexibility index (Phi) is 7.28. The molecule has 4 nitrogen and oxygen atoms in total. The molecule has 0 atom stereocenters. The molecule has 0 saturated carbocycles. The Bertz CT molecular complexity index is 397. The first-order valence-electron chi connectivity index (χ1n) is 8.90. The number of rotatable bonds is 8. The second-order valence-corrected chi connectivity index (χ2v) is 8.03. The van der Waals surface area contributed by atoms with E-state index < -0.39 is 0 Å². The van der Waals surface area contributed by atoms with Crippen molar-refractivity contribution in [2.45, 2.75) is 97.2 Å². The van der Waals surface area contributed by atoms with Crippen LogP contribution in [0.2, 0.25) is 0 Å². The predicted molar refractivity (Wildman–Crippen MR) is 94.0 cm³/mol. The summed E-state index contributed by atoms with van der Waals surface area (Å²) in [6.45, 7) is 16.9. The minimum Gasteiger partial charge on any atom is -0.459 e. The highest BCUT2D eigenvalue weighted by atomic mass is 16.7. The third-order valence-corrected chi connectivity index (χ3v) is 4.39. The number of hydrogen-bond acceptors (Lipinski definition) is 4. The molecular weight excluding hydrogens is 290 g/mol. The highest BCUT2D eigenvalue weighted by molar-refractivity contribution is 5.87. The van der Waals surface area contributed by atoms with Gasteiger partial charge in [0.25, 0.3) is 0 Å². The van der Waals surface area contributed by atoms with Crippen LogP contribution in [0.15, 0.2) is 12.2 Å². The van der Waals surface area contributed by atoms with Crippen LogP contribution >= 0.6 is 0 Å². The van der Waals surface area contributed by atoms with Crippen molar-refractivity contribution in [3.8, 4) is 0 Å². The zero-order valence-corrected chi connectivity index (χ0v) is 15.9. The maximum absolute atomic E-state index is 11.8. The standard InChI is InChI=1S/C19H35NO3/c1-8-9-10-11-12-22-20-18(4,5)13-16(14-19(20,6)7)23-17(21)15(2)3/h16H,2,8-14H2,1,3-7H3. The second-order valence-electron chi connectivity index (χ2n) is 8.03. The Morgan fingerprint density at radius 2 is 1.70 bits per heavy atom. The lowest BCUT2D eigenvalue weighted by molar-refractivity contribution is -0.293. The zero-order chi connectivity index (χ0) is 17.7. The van der Waals surface area contributed by atoms with Crippen LogP contribution in [0.3, 0.4) is 0 Å². The van der Waals surface area contributed by atoms with Gasteiger partial charge in [-0.2, -0.15) is 5.06 Å². The van der Waals surface area contributed by atoms with Gasteiger partial charge in [0.05, 0.1) is 6.61 Å². The van der Waals surface area contributed by atoms with Crippen molar-refractivity contribution in [1.82, 2.24) is 5.06 Å². The summed E-state index contributed by atoms with van der Waals surface area (Å²) in [6.07, 6.45) is 6.23. The number of carbonyl (C=O) groups is 1. The third kappa shape index (κ3) is 5.92. The summed E-state index contributed by atoms with van der Waals surface area (Å²) in [5, 5.41) is 2.12. The van der Waals surface area contributed by atoms with Crippen molar-refractivity contribution >= 4 is 5.97 Å². The molecule has 0 bridgehead atoms. The van der Waals surface area contributed by atoms with Crippen molar-refractivity contribution in [3.05, 3.63) is 12.2 Å². The minimum atomic E-state index is -0.296. The fraction of sp³-hybridized carbons (Fsp3) is 0.842. The number of ether oxygens (including phenoxy) is 1. The van der Waals surface area contributed by atoms with Crippen LogP contribution in [-0.2, 0) is 14.4 Å². The van der Waals surface area contributed by atoms with E-state index >= 15 is 0 Å². The smallest absolute Gasteiger partial charge is 0.333 e. The summed E-state index contributed by atoms with van der Waals surface area (Å²) in [7, 11) is 0. The van der Waals surface area contributed by atoms with E-state index in [1.807, 2.05) is 0 Å². The number of nitrogens with zero attached hydrogens (tertiary/aromatic N) is 1. The molecule has 0 unspecified atom stereocenters. The zero-order valence-electron chi connectivity index (χ0n) is 15.9. The normalized spacial score (nSPS) is 21.1. The van der Waals surface area contributed by atoms with E-state index in [9.17, 15) is 4.79 Å². The molecule has 4 heteroatoms. The largest absolute Gasteiger partial charge is 0.459 e.